The van der Waals surface area contributed by atoms with Gasteiger partial charge in [0.05, 0.1) is 33.1 Å². The molecule has 0 saturated carbocycles. The standard InChI is InChI=1S/C70H36B2N4/c1-5-15-41-31-59-49(27-37(41)11-1)45-19-9-21-53-67(45)73(59)57-25-23-47-51-29-39-13-3-7-17-43(39)33-61(51)75-63-36-56-64(35-55(63)71(53)65(57)69(47)75)76-62-34-44-18-8-4-14-40(44)30-52(62)48-24-26-58-66(70(48)76)72(56)54-22-10-20-46-50-28-38-12-2-6-16-42(38)32-60(50)74(58)68(46)54/h1-36H. The molecule has 21 rings (SSSR count). The first-order chi connectivity index (χ1) is 37.7. The second-order valence-corrected chi connectivity index (χ2v) is 22.3. The highest BCUT2D eigenvalue weighted by Gasteiger charge is 2.46. The lowest BCUT2D eigenvalue weighted by atomic mass is 9.32. The Hall–Kier alpha value is -9.77. The van der Waals surface area contributed by atoms with Gasteiger partial charge in [-0.05, 0) is 149 Å². The molecule has 8 heterocycles. The van der Waals surface area contributed by atoms with Crippen molar-refractivity contribution in [1.82, 2.24) is 18.3 Å². The van der Waals surface area contributed by atoms with E-state index in [1.807, 2.05) is 0 Å². The number of aromatic nitrogens is 4. The van der Waals surface area contributed by atoms with E-state index in [-0.39, 0.29) is 13.4 Å². The smallest absolute Gasteiger partial charge is 0.252 e. The summed E-state index contributed by atoms with van der Waals surface area (Å²) in [5.74, 6) is 0. The summed E-state index contributed by atoms with van der Waals surface area (Å²) in [5.41, 5.74) is 23.6. The number of para-hydroxylation sites is 2. The maximum atomic E-state index is 2.69. The van der Waals surface area contributed by atoms with Crippen LogP contribution in [0.5, 0.6) is 0 Å². The summed E-state index contributed by atoms with van der Waals surface area (Å²) in [6.07, 6.45) is 0. The molecule has 0 spiro atoms. The summed E-state index contributed by atoms with van der Waals surface area (Å²) in [6.45, 7) is -0.0324. The summed E-state index contributed by atoms with van der Waals surface area (Å²) in [7, 11) is 0. The molecule has 0 amide bonds. The molecule has 0 aliphatic carbocycles. The quantitative estimate of drug-likeness (QED) is 0.135. The lowest BCUT2D eigenvalue weighted by Gasteiger charge is -2.37. The number of nitrogens with zero attached hydrogens (tertiary/aromatic N) is 4. The van der Waals surface area contributed by atoms with Gasteiger partial charge in [0.1, 0.15) is 0 Å². The maximum Gasteiger partial charge on any atom is 0.252 e. The Balaban J connectivity index is 0.963. The van der Waals surface area contributed by atoms with Crippen molar-refractivity contribution in [3.05, 3.63) is 218 Å². The van der Waals surface area contributed by atoms with Crippen LogP contribution in [0.3, 0.4) is 0 Å². The first-order valence-corrected chi connectivity index (χ1v) is 26.8. The number of hydrogen-bond acceptors (Lipinski definition) is 0. The Morgan fingerprint density at radius 1 is 0.211 bits per heavy atom. The largest absolute Gasteiger partial charge is 0.310 e. The zero-order chi connectivity index (χ0) is 48.5. The molecule has 0 radical (unpaired) electrons. The van der Waals surface area contributed by atoms with E-state index in [1.54, 1.807) is 0 Å². The third kappa shape index (κ3) is 4.17. The van der Waals surface area contributed by atoms with E-state index in [2.05, 4.69) is 237 Å². The van der Waals surface area contributed by atoms with Crippen molar-refractivity contribution in [1.29, 1.82) is 0 Å². The van der Waals surface area contributed by atoms with Crippen molar-refractivity contribution in [3.8, 4) is 22.7 Å². The molecule has 4 aliphatic heterocycles. The van der Waals surface area contributed by atoms with Gasteiger partial charge in [0.2, 0.25) is 0 Å². The van der Waals surface area contributed by atoms with Crippen LogP contribution in [-0.4, -0.2) is 31.7 Å². The second-order valence-electron chi connectivity index (χ2n) is 22.3. The van der Waals surface area contributed by atoms with Gasteiger partial charge < -0.3 is 18.3 Å². The topological polar surface area (TPSA) is 19.7 Å². The SMILES string of the molecule is c1ccc2cc3c(cc2c1)c1cccc2c1n3-c1ccc3c4cc5ccccc5cc4n4c3c1B2c1cc2c(cc1-4)B1c3cccc4c5cc6ccccc6cc5n(c34)-c3ccc4c5cc6ccccc6cc5n-2c4c31. The molecule has 4 nitrogen and oxygen atoms in total. The molecule has 0 atom stereocenters. The molecule has 76 heavy (non-hydrogen) atoms. The number of hydrogen-bond donors (Lipinski definition) is 0. The maximum absolute atomic E-state index is 2.69. The van der Waals surface area contributed by atoms with Gasteiger partial charge in [-0.2, -0.15) is 0 Å². The van der Waals surface area contributed by atoms with Crippen LogP contribution in [0, 0.1) is 0 Å². The van der Waals surface area contributed by atoms with E-state index in [9.17, 15) is 0 Å². The number of benzene rings is 13. The number of rotatable bonds is 0. The monoisotopic (exact) mass is 954 g/mol. The van der Waals surface area contributed by atoms with Crippen LogP contribution in [0.25, 0.3) is 153 Å². The van der Waals surface area contributed by atoms with Crippen LogP contribution in [0.1, 0.15) is 0 Å². The highest BCUT2D eigenvalue weighted by Crippen LogP contribution is 2.45. The van der Waals surface area contributed by atoms with Gasteiger partial charge in [0.25, 0.3) is 13.4 Å². The van der Waals surface area contributed by atoms with Gasteiger partial charge in [-0.1, -0.05) is 146 Å². The van der Waals surface area contributed by atoms with E-state index in [4.69, 9.17) is 0 Å². The van der Waals surface area contributed by atoms with Crippen molar-refractivity contribution in [2.45, 2.75) is 0 Å². The summed E-state index contributed by atoms with van der Waals surface area (Å²) in [4.78, 5) is 0. The van der Waals surface area contributed by atoms with Gasteiger partial charge in [-0.3, -0.25) is 0 Å². The average Bonchev–Trinajstić information content (AvgIpc) is 4.09. The molecule has 0 fully saturated rings. The van der Waals surface area contributed by atoms with E-state index in [0.717, 1.165) is 0 Å². The van der Waals surface area contributed by atoms with Crippen molar-refractivity contribution in [3.63, 3.8) is 0 Å². The lowest BCUT2D eigenvalue weighted by Crippen LogP contribution is -2.62. The Labute approximate surface area is 433 Å². The molecule has 17 aromatic rings. The molecule has 0 N–H and O–H groups in total. The van der Waals surface area contributed by atoms with Crippen LogP contribution in [0.15, 0.2) is 218 Å². The van der Waals surface area contributed by atoms with Crippen LogP contribution in [-0.2, 0) is 0 Å². The zero-order valence-corrected chi connectivity index (χ0v) is 40.7. The summed E-state index contributed by atoms with van der Waals surface area (Å²) in [6, 6.07) is 84.6. The fourth-order valence-electron chi connectivity index (χ4n) is 16.0. The fourth-order valence-corrected chi connectivity index (χ4v) is 16.0. The Bertz CT molecular complexity index is 5390. The normalized spacial score (nSPS) is 13.7. The Kier molecular flexibility index (Phi) is 6.28. The van der Waals surface area contributed by atoms with E-state index < -0.39 is 0 Å². The second kappa shape index (κ2) is 12.6. The molecule has 0 bridgehead atoms. The lowest BCUT2D eigenvalue weighted by molar-refractivity contribution is 1.14. The zero-order valence-electron chi connectivity index (χ0n) is 40.7. The highest BCUT2D eigenvalue weighted by atomic mass is 15.1. The first kappa shape index (κ1) is 37.9. The van der Waals surface area contributed by atoms with E-state index in [0.29, 0.717) is 0 Å². The predicted molar refractivity (Wildman–Crippen MR) is 323 cm³/mol. The first-order valence-electron chi connectivity index (χ1n) is 26.8. The predicted octanol–water partition coefficient (Wildman–Crippen LogP) is 13.0. The van der Waals surface area contributed by atoms with Gasteiger partial charge in [-0.15, -0.1) is 0 Å². The van der Waals surface area contributed by atoms with Gasteiger partial charge >= 0.3 is 0 Å². The molecule has 342 valence electrons. The van der Waals surface area contributed by atoms with Crippen molar-refractivity contribution in [2.75, 3.05) is 0 Å². The Morgan fingerprint density at radius 3 is 0.855 bits per heavy atom. The number of fused-ring (bicyclic) bond motifs is 26. The fraction of sp³-hybridized carbons (Fsp3) is 0. The minimum atomic E-state index is -0.0162. The Morgan fingerprint density at radius 2 is 0.513 bits per heavy atom. The van der Waals surface area contributed by atoms with E-state index >= 15 is 0 Å². The van der Waals surface area contributed by atoms with Crippen molar-refractivity contribution < 1.29 is 0 Å². The van der Waals surface area contributed by atoms with Crippen LogP contribution < -0.4 is 32.8 Å². The minimum absolute atomic E-state index is 0.0162. The molecule has 13 aromatic carbocycles. The molecule has 0 saturated heterocycles. The molecule has 4 aliphatic rings. The van der Waals surface area contributed by atoms with Crippen molar-refractivity contribution >= 4 is 177 Å². The van der Waals surface area contributed by atoms with Crippen molar-refractivity contribution in [2.24, 2.45) is 0 Å². The molecule has 4 aromatic heterocycles. The molecule has 6 heteroatoms. The molecule has 0 unspecified atom stereocenters. The summed E-state index contributed by atoms with van der Waals surface area (Å²) < 4.78 is 10.6. The third-order valence-electron chi connectivity index (χ3n) is 19.0. The van der Waals surface area contributed by atoms with Crippen LogP contribution in [0.2, 0.25) is 0 Å². The average molecular weight is 955 g/mol. The highest BCUT2D eigenvalue weighted by molar-refractivity contribution is 7.02. The van der Waals surface area contributed by atoms with Gasteiger partial charge in [0.15, 0.2) is 0 Å². The minimum Gasteiger partial charge on any atom is -0.310 e. The summed E-state index contributed by atoms with van der Waals surface area (Å²) in [5, 5.41) is 20.5. The van der Waals surface area contributed by atoms with Gasteiger partial charge in [0, 0.05) is 76.9 Å². The van der Waals surface area contributed by atoms with Crippen LogP contribution >= 0.6 is 0 Å². The summed E-state index contributed by atoms with van der Waals surface area (Å²) >= 11 is 0. The van der Waals surface area contributed by atoms with Gasteiger partial charge in [-0.25, -0.2) is 0 Å². The molecular formula is C70H36B2N4. The van der Waals surface area contributed by atoms with E-state index in [1.165, 1.54) is 186 Å². The van der Waals surface area contributed by atoms with Crippen LogP contribution in [0.4, 0.5) is 0 Å². The molecular weight excluding hydrogens is 918 g/mol. The third-order valence-corrected chi connectivity index (χ3v) is 19.0.